The molecule has 0 aliphatic heterocycles. The second-order valence-electron chi connectivity index (χ2n) is 6.59. The van der Waals surface area contributed by atoms with E-state index in [9.17, 15) is 20.3 Å². The van der Waals surface area contributed by atoms with Gasteiger partial charge in [-0.05, 0) is 53.6 Å². The first kappa shape index (κ1) is 19.1. The number of hydrogen-bond acceptors (Lipinski definition) is 7. The van der Waals surface area contributed by atoms with Crippen LogP contribution in [0.25, 0.3) is 22.6 Å². The predicted octanol–water partition coefficient (Wildman–Crippen LogP) is 4.50. The lowest BCUT2D eigenvalue weighted by Gasteiger charge is -2.09. The summed E-state index contributed by atoms with van der Waals surface area (Å²) in [4.78, 5) is 18.9. The first-order valence-corrected chi connectivity index (χ1v) is 9.17. The molecular weight excluding hydrogens is 386 g/mol. The maximum atomic E-state index is 12.1. The van der Waals surface area contributed by atoms with E-state index in [2.05, 4.69) is 9.98 Å². The van der Waals surface area contributed by atoms with Crippen molar-refractivity contribution in [1.29, 1.82) is 0 Å². The number of para-hydroxylation sites is 1. The third kappa shape index (κ3) is 3.58. The fraction of sp³-hybridized carbons (Fsp3) is 0.0909. The van der Waals surface area contributed by atoms with E-state index >= 15 is 0 Å². The lowest BCUT2D eigenvalue weighted by atomic mass is 10.1. The standard InChI is InChI=1S/C22H17N3O5/c1-2-13-6-9-20-17(10-13)24-22(30-20)16-11-15(7-8-19(16)26)23-12-14-4-3-5-18(21(14)27)25(28)29/h3-12,26-27H,2H2,1H3/p-1. The van der Waals surface area contributed by atoms with Gasteiger partial charge in [0.1, 0.15) is 11.3 Å². The molecule has 0 amide bonds. The van der Waals surface area contributed by atoms with Crippen molar-refractivity contribution in [2.75, 3.05) is 0 Å². The van der Waals surface area contributed by atoms with Crippen LogP contribution in [0.15, 0.2) is 64.0 Å². The van der Waals surface area contributed by atoms with Crippen LogP contribution in [0.5, 0.6) is 11.5 Å². The van der Waals surface area contributed by atoms with Gasteiger partial charge in [-0.25, -0.2) is 4.98 Å². The van der Waals surface area contributed by atoms with E-state index in [1.54, 1.807) is 12.1 Å². The van der Waals surface area contributed by atoms with E-state index in [1.807, 2.05) is 25.1 Å². The Hall–Kier alpha value is -4.20. The number of nitro benzene ring substituents is 1. The summed E-state index contributed by atoms with van der Waals surface area (Å²) in [5.74, 6) is -0.500. The Kier molecular flexibility index (Phi) is 4.89. The Balaban J connectivity index is 1.70. The van der Waals surface area contributed by atoms with Gasteiger partial charge in [-0.2, -0.15) is 0 Å². The Morgan fingerprint density at radius 3 is 2.80 bits per heavy atom. The number of oxazole rings is 1. The molecule has 4 aromatic rings. The van der Waals surface area contributed by atoms with Crippen LogP contribution >= 0.6 is 0 Å². The van der Waals surface area contributed by atoms with Crippen molar-refractivity contribution >= 4 is 28.7 Å². The lowest BCUT2D eigenvalue weighted by molar-refractivity contribution is -0.398. The Morgan fingerprint density at radius 2 is 2.03 bits per heavy atom. The SMILES string of the molecule is CCc1ccc2oc(-c3cc(N=Cc4cccc([N+](=O)[O-])c4[O-])ccc3O)nc2c1. The molecule has 150 valence electrons. The zero-order chi connectivity index (χ0) is 21.3. The summed E-state index contributed by atoms with van der Waals surface area (Å²) in [7, 11) is 0. The highest BCUT2D eigenvalue weighted by molar-refractivity contribution is 5.87. The minimum Gasteiger partial charge on any atom is -0.867 e. The van der Waals surface area contributed by atoms with E-state index < -0.39 is 16.4 Å². The zero-order valence-electron chi connectivity index (χ0n) is 15.9. The number of nitrogens with zero attached hydrogens (tertiary/aromatic N) is 3. The van der Waals surface area contributed by atoms with E-state index in [0.717, 1.165) is 18.1 Å². The molecule has 0 saturated heterocycles. The fourth-order valence-electron chi connectivity index (χ4n) is 3.02. The number of benzene rings is 3. The minimum absolute atomic E-state index is 0.0314. The van der Waals surface area contributed by atoms with Crippen molar-refractivity contribution in [1.82, 2.24) is 4.98 Å². The number of phenolic OH excluding ortho intramolecular Hbond substituents is 1. The van der Waals surface area contributed by atoms with Gasteiger partial charge in [0.15, 0.2) is 5.58 Å². The highest BCUT2D eigenvalue weighted by atomic mass is 16.6. The van der Waals surface area contributed by atoms with E-state index in [4.69, 9.17) is 4.42 Å². The average Bonchev–Trinajstić information content (AvgIpc) is 3.16. The lowest BCUT2D eigenvalue weighted by Crippen LogP contribution is -2.01. The molecule has 0 saturated carbocycles. The minimum atomic E-state index is -0.727. The third-order valence-corrected chi connectivity index (χ3v) is 4.64. The summed E-state index contributed by atoms with van der Waals surface area (Å²) >= 11 is 0. The van der Waals surface area contributed by atoms with Crippen molar-refractivity contribution in [3.8, 4) is 23.0 Å². The van der Waals surface area contributed by atoms with Crippen LogP contribution in [0, 0.1) is 10.1 Å². The fourth-order valence-corrected chi connectivity index (χ4v) is 3.02. The molecule has 1 heterocycles. The highest BCUT2D eigenvalue weighted by Gasteiger charge is 2.14. The normalized spacial score (nSPS) is 11.4. The van der Waals surface area contributed by atoms with Gasteiger partial charge in [0, 0.05) is 12.3 Å². The Bertz CT molecular complexity index is 1290. The maximum absolute atomic E-state index is 12.1. The molecule has 0 aliphatic carbocycles. The van der Waals surface area contributed by atoms with Crippen LogP contribution in [0.2, 0.25) is 0 Å². The molecule has 30 heavy (non-hydrogen) atoms. The summed E-state index contributed by atoms with van der Waals surface area (Å²) in [5.41, 5.74) is 2.75. The van der Waals surface area contributed by atoms with Crippen LogP contribution in [0.4, 0.5) is 11.4 Å². The number of aromatic nitrogens is 1. The molecule has 4 rings (SSSR count). The molecule has 0 bridgehead atoms. The molecule has 0 aliphatic rings. The van der Waals surface area contributed by atoms with E-state index in [0.29, 0.717) is 22.4 Å². The van der Waals surface area contributed by atoms with Gasteiger partial charge >= 0.3 is 0 Å². The number of phenols is 1. The summed E-state index contributed by atoms with van der Waals surface area (Å²) < 4.78 is 5.77. The molecule has 1 aromatic heterocycles. The van der Waals surface area contributed by atoms with Gasteiger partial charge < -0.3 is 14.6 Å². The smallest absolute Gasteiger partial charge is 0.262 e. The van der Waals surface area contributed by atoms with Crippen molar-refractivity contribution in [3.63, 3.8) is 0 Å². The summed E-state index contributed by atoms with van der Waals surface area (Å²) in [6.07, 6.45) is 2.12. The van der Waals surface area contributed by atoms with Crippen LogP contribution in [-0.4, -0.2) is 21.2 Å². The monoisotopic (exact) mass is 402 g/mol. The van der Waals surface area contributed by atoms with E-state index in [-0.39, 0.29) is 17.2 Å². The van der Waals surface area contributed by atoms with Gasteiger partial charge in [-0.3, -0.25) is 15.1 Å². The van der Waals surface area contributed by atoms with Gasteiger partial charge in [0.05, 0.1) is 16.2 Å². The third-order valence-electron chi connectivity index (χ3n) is 4.64. The largest absolute Gasteiger partial charge is 0.867 e. The average molecular weight is 402 g/mol. The first-order valence-electron chi connectivity index (χ1n) is 9.17. The number of rotatable bonds is 5. The quantitative estimate of drug-likeness (QED) is 0.298. The number of fused-ring (bicyclic) bond motifs is 1. The summed E-state index contributed by atoms with van der Waals surface area (Å²) in [6, 6.07) is 14.3. The van der Waals surface area contributed by atoms with Crippen LogP contribution < -0.4 is 5.11 Å². The van der Waals surface area contributed by atoms with E-state index in [1.165, 1.54) is 24.4 Å². The molecule has 0 spiro atoms. The first-order chi connectivity index (χ1) is 14.5. The second-order valence-corrected chi connectivity index (χ2v) is 6.59. The molecule has 8 nitrogen and oxygen atoms in total. The number of hydrogen-bond donors (Lipinski definition) is 1. The van der Waals surface area contributed by atoms with Crippen molar-refractivity contribution in [3.05, 3.63) is 75.8 Å². The molecule has 0 radical (unpaired) electrons. The van der Waals surface area contributed by atoms with Gasteiger partial charge in [0.25, 0.3) is 5.69 Å². The molecule has 0 unspecified atom stereocenters. The molecule has 8 heteroatoms. The summed E-state index contributed by atoms with van der Waals surface area (Å²) in [5, 5.41) is 33.3. The van der Waals surface area contributed by atoms with Crippen LogP contribution in [0.1, 0.15) is 18.1 Å². The maximum Gasteiger partial charge on any atom is 0.262 e. The van der Waals surface area contributed by atoms with Gasteiger partial charge in [-0.15, -0.1) is 0 Å². The van der Waals surface area contributed by atoms with Gasteiger partial charge in [0.2, 0.25) is 5.89 Å². The highest BCUT2D eigenvalue weighted by Crippen LogP contribution is 2.34. The molecule has 1 N–H and O–H groups in total. The number of aliphatic imine (C=N–C) groups is 1. The van der Waals surface area contributed by atoms with Crippen molar-refractivity contribution in [2.24, 2.45) is 4.99 Å². The van der Waals surface area contributed by atoms with Crippen LogP contribution in [0.3, 0.4) is 0 Å². The molecule has 0 atom stereocenters. The predicted molar refractivity (Wildman–Crippen MR) is 110 cm³/mol. The van der Waals surface area contributed by atoms with Crippen molar-refractivity contribution < 1.29 is 19.6 Å². The number of aromatic hydroxyl groups is 1. The zero-order valence-corrected chi connectivity index (χ0v) is 15.9. The van der Waals surface area contributed by atoms with Gasteiger partial charge in [-0.1, -0.05) is 25.1 Å². The molecule has 3 aromatic carbocycles. The topological polar surface area (TPSA) is 125 Å². The number of nitro groups is 1. The van der Waals surface area contributed by atoms with Crippen LogP contribution in [-0.2, 0) is 6.42 Å². The Morgan fingerprint density at radius 1 is 1.20 bits per heavy atom. The Labute approximate surface area is 170 Å². The molecule has 0 fully saturated rings. The molecular formula is C22H16N3O5-. The summed E-state index contributed by atoms with van der Waals surface area (Å²) in [6.45, 7) is 2.05. The van der Waals surface area contributed by atoms with Crippen molar-refractivity contribution in [2.45, 2.75) is 13.3 Å². The second kappa shape index (κ2) is 7.67. The number of aryl methyl sites for hydroxylation is 1.